The third-order valence-electron chi connectivity index (χ3n) is 2.67. The van der Waals surface area contributed by atoms with Gasteiger partial charge in [-0.05, 0) is 19.1 Å². The van der Waals surface area contributed by atoms with Crippen LogP contribution in [0.4, 0.5) is 11.6 Å². The number of hydrogen-bond acceptors (Lipinski definition) is 5. The van der Waals surface area contributed by atoms with Crippen LogP contribution < -0.4 is 11.1 Å². The van der Waals surface area contributed by atoms with E-state index in [1.54, 1.807) is 13.2 Å². The van der Waals surface area contributed by atoms with Crippen LogP contribution in [0.5, 0.6) is 0 Å². The molecule has 20 heavy (non-hydrogen) atoms. The molecule has 0 fully saturated rings. The minimum atomic E-state index is 0.253. The summed E-state index contributed by atoms with van der Waals surface area (Å²) in [5, 5.41) is 3.18. The summed E-state index contributed by atoms with van der Waals surface area (Å²) in [5.41, 5.74) is 8.89. The lowest BCUT2D eigenvalue weighted by molar-refractivity contribution is 0.185. The zero-order valence-corrected chi connectivity index (χ0v) is 12.2. The van der Waals surface area contributed by atoms with Gasteiger partial charge in [0.2, 0.25) is 5.95 Å². The number of rotatable bonds is 5. The Bertz CT molecular complexity index is 630. The lowest BCUT2D eigenvalue weighted by Gasteiger charge is -2.11. The summed E-state index contributed by atoms with van der Waals surface area (Å²) >= 11 is 4.95. The Morgan fingerprint density at radius 2 is 2.10 bits per heavy atom. The van der Waals surface area contributed by atoms with E-state index in [0.717, 1.165) is 16.9 Å². The van der Waals surface area contributed by atoms with Gasteiger partial charge in [0.15, 0.2) is 0 Å². The normalized spacial score (nSPS) is 10.3. The molecule has 0 unspecified atom stereocenters. The van der Waals surface area contributed by atoms with Crippen LogP contribution in [0.15, 0.2) is 30.3 Å². The van der Waals surface area contributed by atoms with Crippen LogP contribution in [0.3, 0.4) is 0 Å². The monoisotopic (exact) mass is 288 g/mol. The molecule has 2 aromatic rings. The predicted octanol–water partition coefficient (Wildman–Crippen LogP) is 2.31. The molecule has 0 saturated carbocycles. The molecule has 3 N–H and O–H groups in total. The van der Waals surface area contributed by atoms with Crippen molar-refractivity contribution in [3.8, 4) is 0 Å². The number of para-hydroxylation sites is 1. The van der Waals surface area contributed by atoms with Crippen molar-refractivity contribution in [2.24, 2.45) is 5.73 Å². The third-order valence-corrected chi connectivity index (χ3v) is 2.88. The van der Waals surface area contributed by atoms with Crippen LogP contribution >= 0.6 is 12.2 Å². The number of aryl methyl sites for hydroxylation is 1. The molecule has 5 nitrogen and oxygen atoms in total. The summed E-state index contributed by atoms with van der Waals surface area (Å²) in [4.78, 5) is 8.89. The molecule has 0 aliphatic heterocycles. The molecule has 1 aromatic carbocycles. The number of thiocarbonyl (C=S) groups is 1. The largest absolute Gasteiger partial charge is 0.388 e. The topological polar surface area (TPSA) is 73.1 Å². The first-order valence-electron chi connectivity index (χ1n) is 6.09. The van der Waals surface area contributed by atoms with Crippen molar-refractivity contribution in [3.63, 3.8) is 0 Å². The van der Waals surface area contributed by atoms with Crippen molar-refractivity contribution < 1.29 is 4.74 Å². The zero-order chi connectivity index (χ0) is 14.5. The first kappa shape index (κ1) is 14.4. The van der Waals surface area contributed by atoms with Gasteiger partial charge in [0.1, 0.15) is 10.7 Å². The number of anilines is 2. The number of hydrogen-bond donors (Lipinski definition) is 2. The predicted molar refractivity (Wildman–Crippen MR) is 83.1 cm³/mol. The number of nitrogens with zero attached hydrogens (tertiary/aromatic N) is 2. The van der Waals surface area contributed by atoms with Gasteiger partial charge in [-0.25, -0.2) is 9.97 Å². The second-order valence-corrected chi connectivity index (χ2v) is 4.74. The Morgan fingerprint density at radius 1 is 1.35 bits per heavy atom. The van der Waals surface area contributed by atoms with Crippen molar-refractivity contribution in [3.05, 3.63) is 47.3 Å². The standard InChI is InChI=1S/C14H16N4OS/c1-9-7-12(13(15)20)18-14(16-9)17-11-6-4-3-5-10(11)8-19-2/h3-7H,8H2,1-2H3,(H2,15,20)(H,16,17,18). The first-order chi connectivity index (χ1) is 9.60. The first-order valence-corrected chi connectivity index (χ1v) is 6.50. The fraction of sp³-hybridized carbons (Fsp3) is 0.214. The number of nitrogens with two attached hydrogens (primary N) is 1. The van der Waals surface area contributed by atoms with Gasteiger partial charge in [-0.1, -0.05) is 30.4 Å². The van der Waals surface area contributed by atoms with Gasteiger partial charge in [0, 0.05) is 24.1 Å². The molecule has 104 valence electrons. The molecule has 1 heterocycles. The molecule has 1 aromatic heterocycles. The molecule has 6 heteroatoms. The Morgan fingerprint density at radius 3 is 2.80 bits per heavy atom. The highest BCUT2D eigenvalue weighted by atomic mass is 32.1. The quantitative estimate of drug-likeness (QED) is 0.823. The highest BCUT2D eigenvalue weighted by molar-refractivity contribution is 7.80. The Labute approximate surface area is 123 Å². The fourth-order valence-corrected chi connectivity index (χ4v) is 1.90. The van der Waals surface area contributed by atoms with Gasteiger partial charge in [-0.2, -0.15) is 0 Å². The zero-order valence-electron chi connectivity index (χ0n) is 11.4. The molecule has 0 bridgehead atoms. The highest BCUT2D eigenvalue weighted by Crippen LogP contribution is 2.19. The fourth-order valence-electron chi connectivity index (χ4n) is 1.79. The number of nitrogens with one attached hydrogen (secondary N) is 1. The summed E-state index contributed by atoms with van der Waals surface area (Å²) in [7, 11) is 1.66. The van der Waals surface area contributed by atoms with E-state index in [9.17, 15) is 0 Å². The maximum Gasteiger partial charge on any atom is 0.228 e. The maximum atomic E-state index is 5.62. The minimum Gasteiger partial charge on any atom is -0.388 e. The van der Waals surface area contributed by atoms with E-state index in [1.807, 2.05) is 31.2 Å². The van der Waals surface area contributed by atoms with Crippen LogP contribution in [-0.4, -0.2) is 22.1 Å². The average Bonchev–Trinajstić information content (AvgIpc) is 2.40. The Hall–Kier alpha value is -2.05. The molecule has 0 amide bonds. The smallest absolute Gasteiger partial charge is 0.228 e. The number of aromatic nitrogens is 2. The van der Waals surface area contributed by atoms with E-state index in [2.05, 4.69) is 15.3 Å². The van der Waals surface area contributed by atoms with Gasteiger partial charge < -0.3 is 15.8 Å². The van der Waals surface area contributed by atoms with E-state index in [0.29, 0.717) is 18.2 Å². The van der Waals surface area contributed by atoms with Crippen molar-refractivity contribution in [1.82, 2.24) is 9.97 Å². The van der Waals surface area contributed by atoms with Crippen molar-refractivity contribution in [2.75, 3.05) is 12.4 Å². The highest BCUT2D eigenvalue weighted by Gasteiger charge is 2.07. The van der Waals surface area contributed by atoms with Gasteiger partial charge in [-0.15, -0.1) is 0 Å². The van der Waals surface area contributed by atoms with Crippen molar-refractivity contribution >= 4 is 28.8 Å². The number of ether oxygens (including phenoxy) is 1. The van der Waals surface area contributed by atoms with Crippen LogP contribution in [0.1, 0.15) is 17.0 Å². The summed E-state index contributed by atoms with van der Waals surface area (Å²) in [6.45, 7) is 2.38. The van der Waals surface area contributed by atoms with E-state index >= 15 is 0 Å². The average molecular weight is 288 g/mol. The van der Waals surface area contributed by atoms with Crippen molar-refractivity contribution in [1.29, 1.82) is 0 Å². The molecule has 0 spiro atoms. The van der Waals surface area contributed by atoms with Gasteiger partial charge in [0.25, 0.3) is 0 Å². The number of methoxy groups -OCH3 is 1. The number of benzene rings is 1. The summed E-state index contributed by atoms with van der Waals surface area (Å²) in [5.74, 6) is 0.469. The Balaban J connectivity index is 2.32. The lowest BCUT2D eigenvalue weighted by atomic mass is 10.2. The molecule has 0 radical (unpaired) electrons. The Kier molecular flexibility index (Phi) is 4.60. The second kappa shape index (κ2) is 6.40. The van der Waals surface area contributed by atoms with Crippen LogP contribution in [0, 0.1) is 6.92 Å². The molecular formula is C14H16N4OS. The third kappa shape index (κ3) is 3.49. The van der Waals surface area contributed by atoms with E-state index in [-0.39, 0.29) is 4.99 Å². The summed E-state index contributed by atoms with van der Waals surface area (Å²) < 4.78 is 5.17. The summed E-state index contributed by atoms with van der Waals surface area (Å²) in [6.07, 6.45) is 0. The SMILES string of the molecule is COCc1ccccc1Nc1nc(C)cc(C(N)=S)n1. The molecule has 0 aliphatic carbocycles. The van der Waals surface area contributed by atoms with Crippen LogP contribution in [-0.2, 0) is 11.3 Å². The van der Waals surface area contributed by atoms with E-state index in [4.69, 9.17) is 22.7 Å². The molecular weight excluding hydrogens is 272 g/mol. The van der Waals surface area contributed by atoms with Gasteiger partial charge in [0.05, 0.1) is 6.61 Å². The van der Waals surface area contributed by atoms with Crippen molar-refractivity contribution in [2.45, 2.75) is 13.5 Å². The van der Waals surface area contributed by atoms with Gasteiger partial charge in [-0.3, -0.25) is 0 Å². The summed E-state index contributed by atoms with van der Waals surface area (Å²) in [6, 6.07) is 9.58. The molecule has 2 rings (SSSR count). The van der Waals surface area contributed by atoms with Crippen LogP contribution in [0.25, 0.3) is 0 Å². The van der Waals surface area contributed by atoms with Gasteiger partial charge >= 0.3 is 0 Å². The molecule has 0 saturated heterocycles. The minimum absolute atomic E-state index is 0.253. The van der Waals surface area contributed by atoms with E-state index < -0.39 is 0 Å². The van der Waals surface area contributed by atoms with E-state index in [1.165, 1.54) is 0 Å². The maximum absolute atomic E-state index is 5.62. The van der Waals surface area contributed by atoms with Crippen LogP contribution in [0.2, 0.25) is 0 Å². The molecule has 0 aliphatic rings. The second-order valence-electron chi connectivity index (χ2n) is 4.30. The molecule has 0 atom stereocenters. The lowest BCUT2D eigenvalue weighted by Crippen LogP contribution is -2.14.